The number of carbonyl (C=O) groups excluding carboxylic acids is 2. The minimum Gasteiger partial charge on any atom is -0.480 e. The van der Waals surface area contributed by atoms with Crippen LogP contribution in [0.5, 0.6) is 0 Å². The van der Waals surface area contributed by atoms with Gasteiger partial charge in [-0.3, -0.25) is 9.59 Å². The summed E-state index contributed by atoms with van der Waals surface area (Å²) in [4.78, 5) is 36.9. The maximum Gasteiger partial charge on any atom is 0.329 e. The van der Waals surface area contributed by atoms with E-state index in [0.717, 1.165) is 0 Å². The van der Waals surface area contributed by atoms with Crippen molar-refractivity contribution < 1.29 is 24.2 Å². The molecule has 2 heterocycles. The zero-order valence-electron chi connectivity index (χ0n) is 11.6. The summed E-state index contributed by atoms with van der Waals surface area (Å²) in [5, 5.41) is 12.0. The van der Waals surface area contributed by atoms with Gasteiger partial charge >= 0.3 is 5.97 Å². The van der Waals surface area contributed by atoms with Crippen LogP contribution in [0.4, 0.5) is 0 Å². The van der Waals surface area contributed by atoms with E-state index < -0.39 is 17.4 Å². The standard InChI is InChI=1S/C13H20N2O5/c1-2-15-8-9(7-10(15)16)11(17)14-13(12(18)19)3-5-20-6-4-13/h9H,2-8H2,1H3,(H,14,17)(H,18,19). The highest BCUT2D eigenvalue weighted by atomic mass is 16.5. The molecule has 0 radical (unpaired) electrons. The molecular formula is C13H20N2O5. The Morgan fingerprint density at radius 1 is 1.45 bits per heavy atom. The summed E-state index contributed by atoms with van der Waals surface area (Å²) >= 11 is 0. The van der Waals surface area contributed by atoms with E-state index in [1.807, 2.05) is 6.92 Å². The molecule has 0 bridgehead atoms. The fourth-order valence-electron chi connectivity index (χ4n) is 2.70. The van der Waals surface area contributed by atoms with Gasteiger partial charge in [-0.05, 0) is 6.92 Å². The second-order valence-corrected chi connectivity index (χ2v) is 5.32. The Labute approximate surface area is 117 Å². The first-order chi connectivity index (χ1) is 9.48. The van der Waals surface area contributed by atoms with Crippen molar-refractivity contribution >= 4 is 17.8 Å². The summed E-state index contributed by atoms with van der Waals surface area (Å²) in [5.74, 6) is -1.89. The molecule has 0 aromatic rings. The fraction of sp³-hybridized carbons (Fsp3) is 0.769. The summed E-state index contributed by atoms with van der Waals surface area (Å²) < 4.78 is 5.16. The van der Waals surface area contributed by atoms with Crippen LogP contribution in [0.15, 0.2) is 0 Å². The first-order valence-corrected chi connectivity index (χ1v) is 6.89. The molecule has 2 saturated heterocycles. The molecule has 0 aromatic heterocycles. The lowest BCUT2D eigenvalue weighted by Crippen LogP contribution is -2.58. The predicted molar refractivity (Wildman–Crippen MR) is 68.9 cm³/mol. The number of nitrogens with one attached hydrogen (secondary N) is 1. The molecule has 2 aliphatic heterocycles. The normalized spacial score (nSPS) is 25.6. The molecule has 1 atom stereocenters. The summed E-state index contributed by atoms with van der Waals surface area (Å²) in [7, 11) is 0. The molecule has 0 aromatic carbocycles. The van der Waals surface area contributed by atoms with E-state index in [2.05, 4.69) is 5.32 Å². The van der Waals surface area contributed by atoms with Crippen LogP contribution in [0.25, 0.3) is 0 Å². The van der Waals surface area contributed by atoms with Gasteiger partial charge in [-0.1, -0.05) is 0 Å². The first kappa shape index (κ1) is 14.8. The summed E-state index contributed by atoms with van der Waals surface area (Å²) in [6.07, 6.45) is 0.671. The van der Waals surface area contributed by atoms with Gasteiger partial charge in [0.25, 0.3) is 0 Å². The molecular weight excluding hydrogens is 264 g/mol. The van der Waals surface area contributed by atoms with E-state index in [1.165, 1.54) is 0 Å². The van der Waals surface area contributed by atoms with Crippen molar-refractivity contribution in [2.24, 2.45) is 5.92 Å². The number of nitrogens with zero attached hydrogens (tertiary/aromatic N) is 1. The van der Waals surface area contributed by atoms with Crippen LogP contribution in [-0.4, -0.2) is 59.6 Å². The molecule has 2 N–H and O–H groups in total. The van der Waals surface area contributed by atoms with Crippen molar-refractivity contribution in [3.05, 3.63) is 0 Å². The maximum absolute atomic E-state index is 12.2. The second kappa shape index (κ2) is 5.78. The van der Waals surface area contributed by atoms with Crippen molar-refractivity contribution in [2.75, 3.05) is 26.3 Å². The molecule has 112 valence electrons. The monoisotopic (exact) mass is 284 g/mol. The largest absolute Gasteiger partial charge is 0.480 e. The summed E-state index contributed by atoms with van der Waals surface area (Å²) in [5.41, 5.74) is -1.25. The third-order valence-electron chi connectivity index (χ3n) is 4.09. The average Bonchev–Trinajstić information content (AvgIpc) is 2.81. The van der Waals surface area contributed by atoms with Crippen molar-refractivity contribution in [2.45, 2.75) is 31.7 Å². The van der Waals surface area contributed by atoms with Crippen LogP contribution < -0.4 is 5.32 Å². The molecule has 2 amide bonds. The van der Waals surface area contributed by atoms with E-state index in [0.29, 0.717) is 26.3 Å². The van der Waals surface area contributed by atoms with E-state index in [1.54, 1.807) is 4.90 Å². The lowest BCUT2D eigenvalue weighted by molar-refractivity contribution is -0.152. The molecule has 7 nitrogen and oxygen atoms in total. The fourth-order valence-corrected chi connectivity index (χ4v) is 2.70. The minimum atomic E-state index is -1.25. The number of hydrogen-bond acceptors (Lipinski definition) is 4. The van der Waals surface area contributed by atoms with Crippen molar-refractivity contribution in [1.82, 2.24) is 10.2 Å². The zero-order valence-corrected chi connectivity index (χ0v) is 11.6. The number of ether oxygens (including phenoxy) is 1. The molecule has 2 aliphatic rings. The SMILES string of the molecule is CCN1CC(C(=O)NC2(C(=O)O)CCOCC2)CC1=O. The molecule has 20 heavy (non-hydrogen) atoms. The van der Waals surface area contributed by atoms with Crippen LogP contribution in [0.1, 0.15) is 26.2 Å². The van der Waals surface area contributed by atoms with Gasteiger partial charge in [0.15, 0.2) is 0 Å². The number of carbonyl (C=O) groups is 3. The highest BCUT2D eigenvalue weighted by Gasteiger charge is 2.44. The molecule has 7 heteroatoms. The lowest BCUT2D eigenvalue weighted by atomic mass is 9.89. The lowest BCUT2D eigenvalue weighted by Gasteiger charge is -2.34. The molecule has 1 unspecified atom stereocenters. The van der Waals surface area contributed by atoms with Gasteiger partial charge in [-0.2, -0.15) is 0 Å². The number of carboxylic acids is 1. The van der Waals surface area contributed by atoms with Crippen molar-refractivity contribution in [3.63, 3.8) is 0 Å². The molecule has 0 spiro atoms. The summed E-state index contributed by atoms with van der Waals surface area (Å²) in [6.45, 7) is 3.43. The number of likely N-dealkylation sites (tertiary alicyclic amines) is 1. The average molecular weight is 284 g/mol. The van der Waals surface area contributed by atoms with Crippen LogP contribution in [-0.2, 0) is 19.1 Å². The Hall–Kier alpha value is -1.63. The van der Waals surface area contributed by atoms with Gasteiger partial charge in [0.05, 0.1) is 5.92 Å². The van der Waals surface area contributed by atoms with Crippen molar-refractivity contribution in [3.8, 4) is 0 Å². The van der Waals surface area contributed by atoms with Gasteiger partial charge in [0.1, 0.15) is 5.54 Å². The Morgan fingerprint density at radius 3 is 2.60 bits per heavy atom. The minimum absolute atomic E-state index is 0.0518. The maximum atomic E-state index is 12.2. The van der Waals surface area contributed by atoms with E-state index in [-0.39, 0.29) is 31.1 Å². The van der Waals surface area contributed by atoms with E-state index in [9.17, 15) is 19.5 Å². The van der Waals surface area contributed by atoms with Gasteiger partial charge in [-0.25, -0.2) is 4.79 Å². The van der Waals surface area contributed by atoms with Gasteiger partial charge in [0.2, 0.25) is 11.8 Å². The van der Waals surface area contributed by atoms with Crippen LogP contribution in [0, 0.1) is 5.92 Å². The van der Waals surface area contributed by atoms with Crippen LogP contribution >= 0.6 is 0 Å². The number of hydrogen-bond donors (Lipinski definition) is 2. The zero-order chi connectivity index (χ0) is 14.8. The van der Waals surface area contributed by atoms with Gasteiger partial charge < -0.3 is 20.1 Å². The van der Waals surface area contributed by atoms with E-state index >= 15 is 0 Å². The van der Waals surface area contributed by atoms with Gasteiger partial charge in [0, 0.05) is 45.6 Å². The number of rotatable bonds is 4. The quantitative estimate of drug-likeness (QED) is 0.732. The number of carboxylic acid groups (broad SMARTS) is 1. The molecule has 2 rings (SSSR count). The molecule has 2 fully saturated rings. The van der Waals surface area contributed by atoms with Crippen LogP contribution in [0.3, 0.4) is 0 Å². The third-order valence-corrected chi connectivity index (χ3v) is 4.09. The van der Waals surface area contributed by atoms with E-state index in [4.69, 9.17) is 4.74 Å². The van der Waals surface area contributed by atoms with Crippen LogP contribution in [0.2, 0.25) is 0 Å². The Morgan fingerprint density at radius 2 is 2.10 bits per heavy atom. The molecule has 0 aliphatic carbocycles. The highest BCUT2D eigenvalue weighted by molar-refractivity contribution is 5.92. The Kier molecular flexibility index (Phi) is 4.27. The first-order valence-electron chi connectivity index (χ1n) is 6.89. The predicted octanol–water partition coefficient (Wildman–Crippen LogP) is -0.395. The smallest absolute Gasteiger partial charge is 0.329 e. The Bertz CT molecular complexity index is 417. The van der Waals surface area contributed by atoms with Gasteiger partial charge in [-0.15, -0.1) is 0 Å². The Balaban J connectivity index is 2.02. The number of amides is 2. The topological polar surface area (TPSA) is 95.9 Å². The third kappa shape index (κ3) is 2.77. The second-order valence-electron chi connectivity index (χ2n) is 5.32. The molecule has 0 saturated carbocycles. The highest BCUT2D eigenvalue weighted by Crippen LogP contribution is 2.24. The summed E-state index contributed by atoms with van der Waals surface area (Å²) in [6, 6.07) is 0. The number of aliphatic carboxylic acids is 1. The van der Waals surface area contributed by atoms with Crippen molar-refractivity contribution in [1.29, 1.82) is 0 Å².